The predicted octanol–water partition coefficient (Wildman–Crippen LogP) is 3.14. The summed E-state index contributed by atoms with van der Waals surface area (Å²) in [4.78, 5) is 10.6. The molecule has 0 saturated heterocycles. The van der Waals surface area contributed by atoms with E-state index in [9.17, 15) is 9.18 Å². The summed E-state index contributed by atoms with van der Waals surface area (Å²) in [5, 5.41) is 12.1. The van der Waals surface area contributed by atoms with Crippen LogP contribution in [0, 0.1) is 12.7 Å². The minimum Gasteiger partial charge on any atom is -0.476 e. The van der Waals surface area contributed by atoms with Gasteiger partial charge in [0.1, 0.15) is 5.82 Å². The lowest BCUT2D eigenvalue weighted by atomic mass is 10.1. The maximum Gasteiger partial charge on any atom is 0.358 e. The van der Waals surface area contributed by atoms with E-state index in [1.165, 1.54) is 12.1 Å². The smallest absolute Gasteiger partial charge is 0.358 e. The zero-order chi connectivity index (χ0) is 12.6. The Morgan fingerprint density at radius 1 is 1.53 bits per heavy atom. The molecule has 0 unspecified atom stereocenters. The molecule has 0 fully saturated rings. The Labute approximate surface area is 101 Å². The van der Waals surface area contributed by atoms with E-state index >= 15 is 0 Å². The Balaban J connectivity index is 2.60. The van der Waals surface area contributed by atoms with E-state index in [1.807, 2.05) is 0 Å². The fourth-order valence-electron chi connectivity index (χ4n) is 1.38. The number of benzene rings is 1. The Bertz CT molecular complexity index is 594. The number of carbonyl (C=O) groups is 1. The van der Waals surface area contributed by atoms with E-state index in [-0.39, 0.29) is 22.0 Å². The molecule has 2 aromatic rings. The number of halogens is 2. The summed E-state index contributed by atoms with van der Waals surface area (Å²) >= 11 is 5.85. The molecule has 88 valence electrons. The molecule has 0 saturated carbocycles. The van der Waals surface area contributed by atoms with E-state index in [1.54, 1.807) is 6.92 Å². The van der Waals surface area contributed by atoms with Crippen LogP contribution in [0.5, 0.6) is 0 Å². The molecular formula is C11H7ClFNO3. The Morgan fingerprint density at radius 2 is 2.24 bits per heavy atom. The normalized spacial score (nSPS) is 10.5. The van der Waals surface area contributed by atoms with Gasteiger partial charge in [0.15, 0.2) is 11.5 Å². The predicted molar refractivity (Wildman–Crippen MR) is 58.6 cm³/mol. The van der Waals surface area contributed by atoms with Gasteiger partial charge in [-0.05, 0) is 18.6 Å². The molecule has 1 aromatic carbocycles. The van der Waals surface area contributed by atoms with E-state index in [0.717, 1.165) is 6.07 Å². The number of aromatic carboxylic acids is 1. The molecule has 17 heavy (non-hydrogen) atoms. The number of hydrogen-bond acceptors (Lipinski definition) is 3. The molecule has 1 aromatic heterocycles. The minimum absolute atomic E-state index is 0.00593. The molecule has 6 heteroatoms. The molecule has 1 N–H and O–H groups in total. The highest BCUT2D eigenvalue weighted by molar-refractivity contribution is 6.33. The first-order chi connectivity index (χ1) is 8.00. The van der Waals surface area contributed by atoms with Gasteiger partial charge in [-0.1, -0.05) is 22.8 Å². The van der Waals surface area contributed by atoms with Crippen molar-refractivity contribution in [3.63, 3.8) is 0 Å². The number of aryl methyl sites for hydroxylation is 1. The Kier molecular flexibility index (Phi) is 2.85. The molecule has 0 radical (unpaired) electrons. The van der Waals surface area contributed by atoms with Crippen molar-refractivity contribution in [2.75, 3.05) is 0 Å². The highest BCUT2D eigenvalue weighted by Gasteiger charge is 2.19. The first-order valence-electron chi connectivity index (χ1n) is 4.65. The summed E-state index contributed by atoms with van der Waals surface area (Å²) in [6, 6.07) is 4.17. The van der Waals surface area contributed by atoms with Crippen molar-refractivity contribution in [3.8, 4) is 11.3 Å². The second-order valence-electron chi connectivity index (χ2n) is 3.43. The number of rotatable bonds is 2. The van der Waals surface area contributed by atoms with Gasteiger partial charge < -0.3 is 9.63 Å². The number of carboxylic acids is 1. The third kappa shape index (κ3) is 2.01. The molecule has 0 aliphatic rings. The second-order valence-corrected chi connectivity index (χ2v) is 3.84. The van der Waals surface area contributed by atoms with Gasteiger partial charge in [0, 0.05) is 6.07 Å². The number of aromatic nitrogens is 1. The SMILES string of the molecule is Cc1ccc(Cl)c(-c2cc(C(=O)O)no2)c1F. The fraction of sp³-hybridized carbons (Fsp3) is 0.0909. The molecule has 2 rings (SSSR count). The summed E-state index contributed by atoms with van der Waals surface area (Å²) in [5.74, 6) is -1.80. The van der Waals surface area contributed by atoms with Crippen LogP contribution in [0.15, 0.2) is 22.7 Å². The standard InChI is InChI=1S/C11H7ClFNO3/c1-5-2-3-6(12)9(10(5)13)8-4-7(11(15)16)14-17-8/h2-4H,1H3,(H,15,16). The van der Waals surface area contributed by atoms with Crippen LogP contribution in [0.2, 0.25) is 5.02 Å². The van der Waals surface area contributed by atoms with Crippen LogP contribution in [-0.2, 0) is 0 Å². The van der Waals surface area contributed by atoms with Crippen LogP contribution in [0.25, 0.3) is 11.3 Å². The van der Waals surface area contributed by atoms with Crippen molar-refractivity contribution in [1.29, 1.82) is 0 Å². The summed E-state index contributed by atoms with van der Waals surface area (Å²) in [6.07, 6.45) is 0. The lowest BCUT2D eigenvalue weighted by Gasteiger charge is -2.03. The Hall–Kier alpha value is -1.88. The average Bonchev–Trinajstić information content (AvgIpc) is 2.73. The van der Waals surface area contributed by atoms with Crippen LogP contribution in [0.3, 0.4) is 0 Å². The third-order valence-corrected chi connectivity index (χ3v) is 2.57. The first kappa shape index (κ1) is 11.6. The fourth-order valence-corrected chi connectivity index (χ4v) is 1.62. The van der Waals surface area contributed by atoms with Crippen LogP contribution in [-0.4, -0.2) is 16.2 Å². The van der Waals surface area contributed by atoms with Gasteiger partial charge in [0.2, 0.25) is 0 Å². The largest absolute Gasteiger partial charge is 0.476 e. The molecule has 0 atom stereocenters. The first-order valence-corrected chi connectivity index (χ1v) is 5.03. The molecule has 0 aliphatic heterocycles. The summed E-state index contributed by atoms with van der Waals surface area (Å²) in [6.45, 7) is 1.57. The highest BCUT2D eigenvalue weighted by atomic mass is 35.5. The van der Waals surface area contributed by atoms with Gasteiger partial charge in [-0.25, -0.2) is 9.18 Å². The maximum atomic E-state index is 13.8. The summed E-state index contributed by atoms with van der Waals surface area (Å²) in [7, 11) is 0. The summed E-state index contributed by atoms with van der Waals surface area (Å²) in [5.41, 5.74) is 0.112. The van der Waals surface area contributed by atoms with Crippen LogP contribution in [0.1, 0.15) is 16.1 Å². The third-order valence-electron chi connectivity index (χ3n) is 2.26. The van der Waals surface area contributed by atoms with E-state index in [2.05, 4.69) is 5.16 Å². The lowest BCUT2D eigenvalue weighted by molar-refractivity contribution is 0.0686. The topological polar surface area (TPSA) is 63.3 Å². The highest BCUT2D eigenvalue weighted by Crippen LogP contribution is 2.32. The van der Waals surface area contributed by atoms with Gasteiger partial charge in [-0.3, -0.25) is 0 Å². The van der Waals surface area contributed by atoms with E-state index in [4.69, 9.17) is 21.2 Å². The van der Waals surface area contributed by atoms with Crippen molar-refractivity contribution in [2.45, 2.75) is 6.92 Å². The van der Waals surface area contributed by atoms with Crippen LogP contribution >= 0.6 is 11.6 Å². The molecule has 0 bridgehead atoms. The second kappa shape index (κ2) is 4.18. The zero-order valence-electron chi connectivity index (χ0n) is 8.70. The van der Waals surface area contributed by atoms with Crippen LogP contribution < -0.4 is 0 Å². The molecule has 1 heterocycles. The van der Waals surface area contributed by atoms with Crippen molar-refractivity contribution in [1.82, 2.24) is 5.16 Å². The minimum atomic E-state index is -1.25. The quantitative estimate of drug-likeness (QED) is 0.895. The van der Waals surface area contributed by atoms with Crippen molar-refractivity contribution in [3.05, 3.63) is 40.3 Å². The average molecular weight is 256 g/mol. The van der Waals surface area contributed by atoms with Crippen molar-refractivity contribution in [2.24, 2.45) is 0 Å². The number of carboxylic acid groups (broad SMARTS) is 1. The maximum absolute atomic E-state index is 13.8. The Morgan fingerprint density at radius 3 is 2.82 bits per heavy atom. The molecule has 4 nitrogen and oxygen atoms in total. The van der Waals surface area contributed by atoms with Gasteiger partial charge in [0.25, 0.3) is 0 Å². The van der Waals surface area contributed by atoms with Gasteiger partial charge >= 0.3 is 5.97 Å². The lowest BCUT2D eigenvalue weighted by Crippen LogP contribution is -1.94. The molecule has 0 spiro atoms. The van der Waals surface area contributed by atoms with E-state index in [0.29, 0.717) is 5.56 Å². The number of nitrogens with zero attached hydrogens (tertiary/aromatic N) is 1. The summed E-state index contributed by atoms with van der Waals surface area (Å²) < 4.78 is 18.6. The molecule has 0 aliphatic carbocycles. The molecule has 0 amide bonds. The van der Waals surface area contributed by atoms with Crippen molar-refractivity contribution >= 4 is 17.6 Å². The van der Waals surface area contributed by atoms with E-state index < -0.39 is 11.8 Å². The van der Waals surface area contributed by atoms with Gasteiger partial charge in [-0.15, -0.1) is 0 Å². The zero-order valence-corrected chi connectivity index (χ0v) is 9.45. The van der Waals surface area contributed by atoms with Gasteiger partial charge in [0.05, 0.1) is 10.6 Å². The molecular weight excluding hydrogens is 249 g/mol. The van der Waals surface area contributed by atoms with Crippen molar-refractivity contribution < 1.29 is 18.8 Å². The monoisotopic (exact) mass is 255 g/mol. The van der Waals surface area contributed by atoms with Crippen LogP contribution in [0.4, 0.5) is 4.39 Å². The number of hydrogen-bond donors (Lipinski definition) is 1. The van der Waals surface area contributed by atoms with Gasteiger partial charge in [-0.2, -0.15) is 0 Å².